The number of benzene rings is 1. The van der Waals surface area contributed by atoms with Gasteiger partial charge in [0.2, 0.25) is 0 Å². The summed E-state index contributed by atoms with van der Waals surface area (Å²) in [6.45, 7) is 4.11. The van der Waals surface area contributed by atoms with Gasteiger partial charge >= 0.3 is 0 Å². The lowest BCUT2D eigenvalue weighted by Gasteiger charge is -2.04. The Morgan fingerprint density at radius 1 is 1.42 bits per heavy atom. The number of hydrogen-bond donors (Lipinski definition) is 2. The first-order chi connectivity index (χ1) is 8.95. The van der Waals surface area contributed by atoms with E-state index in [1.165, 1.54) is 11.3 Å². The number of halogens is 1. The van der Waals surface area contributed by atoms with Gasteiger partial charge in [-0.25, -0.2) is 4.98 Å². The van der Waals surface area contributed by atoms with E-state index in [4.69, 9.17) is 17.3 Å². The third kappa shape index (κ3) is 3.45. The van der Waals surface area contributed by atoms with Crippen LogP contribution in [0, 0.1) is 0 Å². The van der Waals surface area contributed by atoms with Crippen LogP contribution in [0.4, 0.5) is 10.8 Å². The van der Waals surface area contributed by atoms with Gasteiger partial charge in [0.1, 0.15) is 0 Å². The Labute approximate surface area is 120 Å². The van der Waals surface area contributed by atoms with Crippen LogP contribution in [0.25, 0.3) is 0 Å². The molecule has 2 rings (SSSR count). The Morgan fingerprint density at radius 2 is 2.16 bits per heavy atom. The van der Waals surface area contributed by atoms with E-state index in [-0.39, 0.29) is 5.91 Å². The maximum Gasteiger partial charge on any atom is 0.257 e. The van der Waals surface area contributed by atoms with E-state index < -0.39 is 0 Å². The number of anilines is 2. The molecule has 6 heteroatoms. The number of nitrogens with two attached hydrogens (primary N) is 1. The molecule has 0 unspecified atom stereocenters. The zero-order chi connectivity index (χ0) is 14.0. The lowest BCUT2D eigenvalue weighted by molar-refractivity contribution is 0.102. The summed E-state index contributed by atoms with van der Waals surface area (Å²) in [5.41, 5.74) is 7.50. The van der Waals surface area contributed by atoms with Crippen LogP contribution in [-0.4, -0.2) is 10.9 Å². The summed E-state index contributed by atoms with van der Waals surface area (Å²) in [4.78, 5) is 16.4. The zero-order valence-corrected chi connectivity index (χ0v) is 12.2. The van der Waals surface area contributed by atoms with Gasteiger partial charge in [-0.3, -0.25) is 10.1 Å². The van der Waals surface area contributed by atoms with Crippen molar-refractivity contribution in [2.45, 2.75) is 19.8 Å². The Kier molecular flexibility index (Phi) is 4.07. The highest BCUT2D eigenvalue weighted by molar-refractivity contribution is 7.14. The second-order valence-corrected chi connectivity index (χ2v) is 5.75. The molecular weight excluding hydrogens is 282 g/mol. The van der Waals surface area contributed by atoms with Gasteiger partial charge in [0.05, 0.1) is 5.69 Å². The molecule has 0 saturated carbocycles. The topological polar surface area (TPSA) is 68.0 Å². The van der Waals surface area contributed by atoms with Crippen molar-refractivity contribution < 1.29 is 4.79 Å². The molecule has 1 amide bonds. The zero-order valence-electron chi connectivity index (χ0n) is 10.6. The van der Waals surface area contributed by atoms with Gasteiger partial charge in [0.25, 0.3) is 5.91 Å². The number of aromatic nitrogens is 1. The fourth-order valence-corrected chi connectivity index (χ4v) is 2.63. The first-order valence-electron chi connectivity index (χ1n) is 5.78. The van der Waals surface area contributed by atoms with Crippen LogP contribution in [0.3, 0.4) is 0 Å². The first-order valence-corrected chi connectivity index (χ1v) is 7.04. The third-order valence-electron chi connectivity index (χ3n) is 2.52. The molecule has 1 aromatic carbocycles. The number of nitrogen functional groups attached to an aromatic ring is 1. The second-order valence-electron chi connectivity index (χ2n) is 4.46. The summed E-state index contributed by atoms with van der Waals surface area (Å²) < 4.78 is 0. The van der Waals surface area contributed by atoms with Crippen LogP contribution in [0.15, 0.2) is 23.6 Å². The fraction of sp³-hybridized carbons (Fsp3) is 0.231. The number of rotatable bonds is 3. The summed E-state index contributed by atoms with van der Waals surface area (Å²) >= 11 is 7.27. The molecule has 3 N–H and O–H groups in total. The highest BCUT2D eigenvalue weighted by Gasteiger charge is 2.11. The Hall–Kier alpha value is -1.59. The maximum absolute atomic E-state index is 12.0. The van der Waals surface area contributed by atoms with Gasteiger partial charge in [-0.2, -0.15) is 0 Å². The molecule has 0 aliphatic heterocycles. The van der Waals surface area contributed by atoms with Crippen LogP contribution < -0.4 is 11.1 Å². The minimum atomic E-state index is -0.265. The second kappa shape index (κ2) is 5.59. The molecule has 1 heterocycles. The molecule has 2 aromatic rings. The quantitative estimate of drug-likeness (QED) is 0.847. The number of amides is 1. The van der Waals surface area contributed by atoms with Gasteiger partial charge in [0.15, 0.2) is 5.13 Å². The van der Waals surface area contributed by atoms with E-state index in [9.17, 15) is 4.79 Å². The van der Waals surface area contributed by atoms with Crippen LogP contribution in [-0.2, 0) is 0 Å². The average Bonchev–Trinajstić information content (AvgIpc) is 2.76. The predicted octanol–water partition coefficient (Wildman–Crippen LogP) is 3.75. The molecular formula is C13H14ClN3OS. The van der Waals surface area contributed by atoms with Crippen molar-refractivity contribution in [3.63, 3.8) is 0 Å². The van der Waals surface area contributed by atoms with Gasteiger partial charge < -0.3 is 5.73 Å². The summed E-state index contributed by atoms with van der Waals surface area (Å²) in [7, 11) is 0. The minimum Gasteiger partial charge on any atom is -0.399 e. The van der Waals surface area contributed by atoms with Gasteiger partial charge in [-0.1, -0.05) is 25.4 Å². The summed E-state index contributed by atoms with van der Waals surface area (Å²) in [5, 5.41) is 5.69. The minimum absolute atomic E-state index is 0.265. The van der Waals surface area contributed by atoms with Gasteiger partial charge in [0, 0.05) is 21.7 Å². The lowest BCUT2D eigenvalue weighted by Crippen LogP contribution is -2.12. The Bertz CT molecular complexity index is 589. The molecule has 0 aliphatic carbocycles. The number of thiazole rings is 1. The van der Waals surface area contributed by atoms with E-state index in [0.717, 1.165) is 5.69 Å². The van der Waals surface area contributed by atoms with Crippen molar-refractivity contribution in [1.29, 1.82) is 0 Å². The Balaban J connectivity index is 2.15. The number of carbonyl (C=O) groups is 1. The average molecular weight is 296 g/mol. The highest BCUT2D eigenvalue weighted by atomic mass is 35.5. The Morgan fingerprint density at radius 3 is 2.74 bits per heavy atom. The molecule has 0 aliphatic rings. The van der Waals surface area contributed by atoms with Crippen molar-refractivity contribution in [1.82, 2.24) is 4.98 Å². The van der Waals surface area contributed by atoms with E-state index in [0.29, 0.717) is 27.3 Å². The highest BCUT2D eigenvalue weighted by Crippen LogP contribution is 2.23. The van der Waals surface area contributed by atoms with Crippen LogP contribution in [0.1, 0.15) is 35.8 Å². The number of hydrogen-bond acceptors (Lipinski definition) is 4. The largest absolute Gasteiger partial charge is 0.399 e. The van der Waals surface area contributed by atoms with Gasteiger partial charge in [-0.15, -0.1) is 11.3 Å². The van der Waals surface area contributed by atoms with Crippen LogP contribution in [0.5, 0.6) is 0 Å². The van der Waals surface area contributed by atoms with E-state index in [1.54, 1.807) is 18.2 Å². The summed E-state index contributed by atoms with van der Waals surface area (Å²) in [6, 6.07) is 4.75. The maximum atomic E-state index is 12.0. The van der Waals surface area contributed by atoms with Gasteiger partial charge in [-0.05, 0) is 24.1 Å². The predicted molar refractivity (Wildman–Crippen MR) is 80.0 cm³/mol. The summed E-state index contributed by atoms with van der Waals surface area (Å²) in [5.74, 6) is 0.0718. The van der Waals surface area contributed by atoms with Crippen molar-refractivity contribution in [3.8, 4) is 0 Å². The molecule has 100 valence electrons. The SMILES string of the molecule is CC(C)c1csc(NC(=O)c2cc(N)cc(Cl)c2)n1. The first kappa shape index (κ1) is 13.8. The molecule has 0 saturated heterocycles. The summed E-state index contributed by atoms with van der Waals surface area (Å²) in [6.07, 6.45) is 0. The molecule has 0 radical (unpaired) electrons. The van der Waals surface area contributed by atoms with Crippen molar-refractivity contribution in [3.05, 3.63) is 39.9 Å². The van der Waals surface area contributed by atoms with Crippen molar-refractivity contribution in [2.75, 3.05) is 11.1 Å². The van der Waals surface area contributed by atoms with E-state index >= 15 is 0 Å². The monoisotopic (exact) mass is 295 g/mol. The molecule has 4 nitrogen and oxygen atoms in total. The molecule has 0 atom stereocenters. The van der Waals surface area contributed by atoms with Crippen LogP contribution >= 0.6 is 22.9 Å². The number of nitrogens with zero attached hydrogens (tertiary/aromatic N) is 1. The number of carbonyl (C=O) groups excluding carboxylic acids is 1. The van der Waals surface area contributed by atoms with Crippen LogP contribution in [0.2, 0.25) is 5.02 Å². The number of nitrogens with one attached hydrogen (secondary N) is 1. The molecule has 0 spiro atoms. The smallest absolute Gasteiger partial charge is 0.257 e. The molecule has 19 heavy (non-hydrogen) atoms. The van der Waals surface area contributed by atoms with Crippen molar-refractivity contribution in [2.24, 2.45) is 0 Å². The fourth-order valence-electron chi connectivity index (χ4n) is 1.52. The molecule has 0 bridgehead atoms. The third-order valence-corrected chi connectivity index (χ3v) is 3.51. The van der Waals surface area contributed by atoms with E-state index in [2.05, 4.69) is 24.1 Å². The normalized spacial score (nSPS) is 10.7. The molecule has 0 fully saturated rings. The van der Waals surface area contributed by atoms with Crippen molar-refractivity contribution >= 4 is 39.7 Å². The lowest BCUT2D eigenvalue weighted by atomic mass is 10.2. The standard InChI is InChI=1S/C13H14ClN3OS/c1-7(2)11-6-19-13(16-11)17-12(18)8-3-9(14)5-10(15)4-8/h3-7H,15H2,1-2H3,(H,16,17,18). The molecule has 1 aromatic heterocycles. The van der Waals surface area contributed by atoms with E-state index in [1.807, 2.05) is 5.38 Å².